The predicted octanol–water partition coefficient (Wildman–Crippen LogP) is -3.92. The second-order valence-corrected chi connectivity index (χ2v) is 2.85. The van der Waals surface area contributed by atoms with E-state index >= 15 is 0 Å². The molecule has 0 aromatic carbocycles. The second kappa shape index (κ2) is 5.73. The van der Waals surface area contributed by atoms with E-state index in [1.807, 2.05) is 0 Å². The van der Waals surface area contributed by atoms with Crippen LogP contribution in [0.3, 0.4) is 0 Å². The molecule has 0 aliphatic heterocycles. The van der Waals surface area contributed by atoms with Gasteiger partial charge >= 0.3 is 5.97 Å². The number of aliphatic carboxylic acids is 1. The van der Waals surface area contributed by atoms with E-state index in [2.05, 4.69) is 0 Å². The summed E-state index contributed by atoms with van der Waals surface area (Å²) >= 11 is 0. The summed E-state index contributed by atoms with van der Waals surface area (Å²) in [7, 11) is 0. The maximum atomic E-state index is 10.6. The molecular weight excluding hydrogens is 212 g/mol. The predicted molar refractivity (Wildman–Crippen MR) is 43.8 cm³/mol. The van der Waals surface area contributed by atoms with Crippen molar-refractivity contribution in [2.45, 2.75) is 24.4 Å². The van der Waals surface area contributed by atoms with Crippen molar-refractivity contribution in [2.24, 2.45) is 0 Å². The summed E-state index contributed by atoms with van der Waals surface area (Å²) in [6.07, 6.45) is -8.35. The van der Waals surface area contributed by atoms with Gasteiger partial charge in [-0.15, -0.1) is 0 Å². The Kier molecular flexibility index (Phi) is 5.33. The molecule has 0 aliphatic carbocycles. The van der Waals surface area contributed by atoms with E-state index < -0.39 is 42.8 Å². The lowest BCUT2D eigenvalue weighted by atomic mass is 10.0. The van der Waals surface area contributed by atoms with Crippen LogP contribution >= 0.6 is 0 Å². The summed E-state index contributed by atoms with van der Waals surface area (Å²) < 4.78 is 0. The minimum absolute atomic E-state index is 0.911. The molecule has 15 heavy (non-hydrogen) atoms. The Morgan fingerprint density at radius 1 is 1.00 bits per heavy atom. The molecule has 0 aliphatic rings. The highest BCUT2D eigenvalue weighted by Crippen LogP contribution is 2.06. The van der Waals surface area contributed by atoms with Crippen molar-refractivity contribution in [1.82, 2.24) is 0 Å². The van der Waals surface area contributed by atoms with Crippen molar-refractivity contribution in [3.8, 4) is 0 Å². The molecule has 0 aromatic rings. The molecule has 8 heteroatoms. The molecule has 0 aromatic heterocycles. The summed E-state index contributed by atoms with van der Waals surface area (Å²) in [4.78, 5) is 20.7. The molecule has 4 atom stereocenters. The normalized spacial score (nSPS) is 19.0. The third-order valence-corrected chi connectivity index (χ3v) is 1.73. The summed E-state index contributed by atoms with van der Waals surface area (Å²) in [5.74, 6) is -3.70. The van der Waals surface area contributed by atoms with E-state index in [1.54, 1.807) is 0 Å². The number of carboxylic acids is 1. The van der Waals surface area contributed by atoms with Gasteiger partial charge in [-0.3, -0.25) is 4.79 Å². The van der Waals surface area contributed by atoms with Crippen molar-refractivity contribution >= 4 is 11.8 Å². The summed E-state index contributed by atoms with van der Waals surface area (Å²) in [5, 5.41) is 52.4. The molecule has 6 N–H and O–H groups in total. The van der Waals surface area contributed by atoms with E-state index in [0.29, 0.717) is 0 Å². The quantitative estimate of drug-likeness (QED) is 0.250. The van der Waals surface area contributed by atoms with Gasteiger partial charge in [0.25, 0.3) is 5.78 Å². The van der Waals surface area contributed by atoms with Crippen molar-refractivity contribution in [1.29, 1.82) is 0 Å². The van der Waals surface area contributed by atoms with Crippen LogP contribution in [0.1, 0.15) is 0 Å². The zero-order valence-corrected chi connectivity index (χ0v) is 7.52. The first-order valence-electron chi connectivity index (χ1n) is 3.93. The lowest BCUT2D eigenvalue weighted by Gasteiger charge is -2.23. The molecule has 0 spiro atoms. The van der Waals surface area contributed by atoms with Crippen LogP contribution in [0.15, 0.2) is 0 Å². The lowest BCUT2D eigenvalue weighted by Crippen LogP contribution is -2.50. The standard InChI is InChI=1S/C7H12O8/c8-1-2(9)3(10)4(11)5(12)6(13)7(14)15/h2-5,8-12H,1H2,(H,14,15)/t2-,3+,4-,5+/m1/s1. The van der Waals surface area contributed by atoms with Crippen LogP contribution in [0.5, 0.6) is 0 Å². The van der Waals surface area contributed by atoms with Crippen molar-refractivity contribution in [3.63, 3.8) is 0 Å². The Bertz CT molecular complexity index is 239. The van der Waals surface area contributed by atoms with Crippen LogP contribution in [0.4, 0.5) is 0 Å². The summed E-state index contributed by atoms with van der Waals surface area (Å²) in [6, 6.07) is 0. The van der Waals surface area contributed by atoms with Crippen LogP contribution < -0.4 is 0 Å². The first-order chi connectivity index (χ1) is 6.82. The lowest BCUT2D eigenvalue weighted by molar-refractivity contribution is -0.162. The van der Waals surface area contributed by atoms with Crippen LogP contribution in [0, 0.1) is 0 Å². The zero-order valence-electron chi connectivity index (χ0n) is 7.52. The summed E-state index contributed by atoms with van der Waals surface area (Å²) in [5.41, 5.74) is 0. The molecular formula is C7H12O8. The van der Waals surface area contributed by atoms with Gasteiger partial charge in [0.15, 0.2) is 6.10 Å². The van der Waals surface area contributed by atoms with Gasteiger partial charge in [0, 0.05) is 0 Å². The van der Waals surface area contributed by atoms with Gasteiger partial charge < -0.3 is 30.6 Å². The topological polar surface area (TPSA) is 156 Å². The maximum absolute atomic E-state index is 10.6. The number of rotatable bonds is 6. The van der Waals surface area contributed by atoms with Crippen LogP contribution in [-0.2, 0) is 9.59 Å². The highest BCUT2D eigenvalue weighted by molar-refractivity contribution is 6.34. The minimum Gasteiger partial charge on any atom is -0.475 e. The fourth-order valence-electron chi connectivity index (χ4n) is 0.804. The minimum atomic E-state index is -2.36. The monoisotopic (exact) mass is 224 g/mol. The molecule has 0 radical (unpaired) electrons. The first kappa shape index (κ1) is 13.9. The highest BCUT2D eigenvalue weighted by Gasteiger charge is 2.36. The van der Waals surface area contributed by atoms with Gasteiger partial charge in [0.05, 0.1) is 6.61 Å². The number of Topliss-reactive ketones (excluding diaryl/α,β-unsaturated/α-hetero) is 1. The maximum Gasteiger partial charge on any atom is 0.375 e. The van der Waals surface area contributed by atoms with Gasteiger partial charge in [-0.25, -0.2) is 4.79 Å². The van der Waals surface area contributed by atoms with E-state index in [0.717, 1.165) is 0 Å². The number of hydrogen-bond donors (Lipinski definition) is 6. The van der Waals surface area contributed by atoms with Gasteiger partial charge in [-0.05, 0) is 0 Å². The average molecular weight is 224 g/mol. The third kappa shape index (κ3) is 3.53. The van der Waals surface area contributed by atoms with Crippen LogP contribution in [0.2, 0.25) is 0 Å². The molecule has 0 fully saturated rings. The Morgan fingerprint density at radius 3 is 1.80 bits per heavy atom. The fourth-order valence-corrected chi connectivity index (χ4v) is 0.804. The third-order valence-electron chi connectivity index (χ3n) is 1.73. The fraction of sp³-hybridized carbons (Fsp3) is 0.714. The van der Waals surface area contributed by atoms with Crippen LogP contribution in [-0.4, -0.2) is 73.4 Å². The smallest absolute Gasteiger partial charge is 0.375 e. The van der Waals surface area contributed by atoms with Gasteiger partial charge in [-0.2, -0.15) is 0 Å². The first-order valence-corrected chi connectivity index (χ1v) is 3.93. The zero-order chi connectivity index (χ0) is 12.2. The highest BCUT2D eigenvalue weighted by atomic mass is 16.4. The van der Waals surface area contributed by atoms with E-state index in [9.17, 15) is 9.59 Å². The van der Waals surface area contributed by atoms with Crippen LogP contribution in [0.25, 0.3) is 0 Å². The molecule has 0 amide bonds. The van der Waals surface area contributed by atoms with Crippen molar-refractivity contribution in [3.05, 3.63) is 0 Å². The number of aliphatic hydroxyl groups excluding tert-OH is 5. The van der Waals surface area contributed by atoms with E-state index in [4.69, 9.17) is 30.6 Å². The van der Waals surface area contributed by atoms with Gasteiger partial charge in [0.2, 0.25) is 0 Å². The number of carbonyl (C=O) groups excluding carboxylic acids is 1. The molecule has 0 bridgehead atoms. The molecule has 0 saturated carbocycles. The Morgan fingerprint density at radius 2 is 1.47 bits per heavy atom. The van der Waals surface area contributed by atoms with Gasteiger partial charge in [0.1, 0.15) is 18.3 Å². The molecule has 0 saturated heterocycles. The van der Waals surface area contributed by atoms with Gasteiger partial charge in [-0.1, -0.05) is 0 Å². The summed E-state index contributed by atoms with van der Waals surface area (Å²) in [6.45, 7) is -0.911. The SMILES string of the molecule is O=C(O)C(=O)[C@@H](O)[C@H](O)[C@@H](O)[C@H](O)CO. The van der Waals surface area contributed by atoms with E-state index in [1.165, 1.54) is 0 Å². The van der Waals surface area contributed by atoms with Crippen molar-refractivity contribution < 1.29 is 40.2 Å². The molecule has 88 valence electrons. The molecule has 0 rings (SSSR count). The molecule has 0 unspecified atom stereocenters. The Labute approximate surface area is 84.0 Å². The molecule has 0 heterocycles. The number of carboxylic acid groups (broad SMARTS) is 1. The number of aliphatic hydroxyl groups is 5. The van der Waals surface area contributed by atoms with E-state index in [-0.39, 0.29) is 0 Å². The molecule has 8 nitrogen and oxygen atoms in total. The number of carbonyl (C=O) groups is 2. The largest absolute Gasteiger partial charge is 0.475 e. The number of hydrogen-bond acceptors (Lipinski definition) is 7. The van der Waals surface area contributed by atoms with Crippen molar-refractivity contribution in [2.75, 3.05) is 6.61 Å². The Hall–Kier alpha value is -1.06. The number of ketones is 1. The average Bonchev–Trinajstić information content (AvgIpc) is 2.23. The second-order valence-electron chi connectivity index (χ2n) is 2.85. The Balaban J connectivity index is 4.50.